The van der Waals surface area contributed by atoms with Crippen molar-refractivity contribution in [2.45, 2.75) is 31.8 Å². The molecule has 0 amide bonds. The number of rotatable bonds is 9. The molecule has 0 bridgehead atoms. The van der Waals surface area contributed by atoms with Crippen molar-refractivity contribution < 1.29 is 14.2 Å². The number of halogens is 1. The van der Waals surface area contributed by atoms with Gasteiger partial charge in [-0.1, -0.05) is 19.5 Å². The van der Waals surface area contributed by atoms with Gasteiger partial charge in [0.1, 0.15) is 24.0 Å². The van der Waals surface area contributed by atoms with Gasteiger partial charge < -0.3 is 34.6 Å². The molecule has 12 heteroatoms. The van der Waals surface area contributed by atoms with E-state index >= 15 is 0 Å². The van der Waals surface area contributed by atoms with Gasteiger partial charge in [0.25, 0.3) is 0 Å². The first kappa shape index (κ1) is 31.0. The second kappa shape index (κ2) is 13.1. The second-order valence-corrected chi connectivity index (χ2v) is 14.8. The van der Waals surface area contributed by atoms with E-state index < -0.39 is 7.92 Å². The lowest BCUT2D eigenvalue weighted by molar-refractivity contribution is 0.0188. The van der Waals surface area contributed by atoms with E-state index in [9.17, 15) is 0 Å². The van der Waals surface area contributed by atoms with Gasteiger partial charge in [0.2, 0.25) is 5.95 Å². The van der Waals surface area contributed by atoms with Crippen LogP contribution in [0.15, 0.2) is 30.5 Å². The maximum absolute atomic E-state index is 6.58. The van der Waals surface area contributed by atoms with E-state index in [0.717, 1.165) is 47.0 Å². The number of likely N-dealkylation sites (N-methyl/N-ethyl adjacent to an activating group) is 1. The number of hydrogen-bond acceptors (Lipinski definition) is 10. The number of piperidine rings is 1. The van der Waals surface area contributed by atoms with Crippen LogP contribution >= 0.6 is 19.5 Å². The molecular formula is C32H43ClN7O3P. The van der Waals surface area contributed by atoms with Crippen LogP contribution in [0.2, 0.25) is 5.02 Å². The first-order valence-corrected chi connectivity index (χ1v) is 17.8. The second-order valence-electron chi connectivity index (χ2n) is 12.1. The Balaban J connectivity index is 1.17. The fourth-order valence-corrected chi connectivity index (χ4v) is 7.61. The Bertz CT molecular complexity index is 1490. The molecule has 44 heavy (non-hydrogen) atoms. The van der Waals surface area contributed by atoms with Gasteiger partial charge in [-0.05, 0) is 71.0 Å². The van der Waals surface area contributed by atoms with Crippen LogP contribution in [0.4, 0.5) is 28.8 Å². The molecule has 0 spiro atoms. The number of ether oxygens (including phenoxy) is 3. The number of anilines is 5. The van der Waals surface area contributed by atoms with Gasteiger partial charge in [0.05, 0.1) is 24.7 Å². The highest BCUT2D eigenvalue weighted by molar-refractivity contribution is 7.64. The monoisotopic (exact) mass is 639 g/mol. The number of nitrogens with one attached hydrogen (secondary N) is 2. The minimum Gasteiger partial charge on any atom is -0.494 e. The Kier molecular flexibility index (Phi) is 9.24. The summed E-state index contributed by atoms with van der Waals surface area (Å²) in [6.07, 6.45) is 3.97. The molecule has 0 saturated carbocycles. The van der Waals surface area contributed by atoms with E-state index in [4.69, 9.17) is 30.8 Å². The molecule has 2 N–H and O–H groups in total. The standard InChI is InChI=1S/C32H43ClN7O3P/c1-20-15-25(28(41-4)16-26(20)39-11-9-21(10-12-39)40-18-22(19-40)38(2)3)36-32-34-17-23(33)31(37-32)35-24-7-8-27-29(30(24)44(5)6)43-14-13-42-27/h7-8,15-17,21-22H,9-14,18-19H2,1-6H3,(H2,34,35,36,37). The summed E-state index contributed by atoms with van der Waals surface area (Å²) in [5.41, 5.74) is 4.08. The van der Waals surface area contributed by atoms with Gasteiger partial charge in [-0.25, -0.2) is 4.98 Å². The zero-order chi connectivity index (χ0) is 31.0. The SMILES string of the molecule is COc1cc(N2CCC(N3CC(N(C)C)C3)CC2)c(C)cc1Nc1ncc(Cl)c(Nc2ccc3c(c2P(C)C)OCCO3)n1. The van der Waals surface area contributed by atoms with Crippen molar-refractivity contribution in [3.05, 3.63) is 41.0 Å². The average molecular weight is 640 g/mol. The molecule has 2 aromatic carbocycles. The topological polar surface area (TPSA) is 87.3 Å². The first-order chi connectivity index (χ1) is 21.2. The minimum absolute atomic E-state index is 0.420. The number of fused-ring (bicyclic) bond motifs is 1. The molecule has 2 saturated heterocycles. The zero-order valence-electron chi connectivity index (χ0n) is 26.5. The Morgan fingerprint density at radius 2 is 1.80 bits per heavy atom. The molecule has 1 aromatic heterocycles. The number of likely N-dealkylation sites (tertiary alicyclic amines) is 1. The predicted octanol–water partition coefficient (Wildman–Crippen LogP) is 5.29. The summed E-state index contributed by atoms with van der Waals surface area (Å²) in [6, 6.07) is 9.54. The van der Waals surface area contributed by atoms with E-state index in [1.54, 1.807) is 13.3 Å². The lowest BCUT2D eigenvalue weighted by Crippen LogP contribution is -2.62. The Morgan fingerprint density at radius 1 is 1.05 bits per heavy atom. The minimum atomic E-state index is -0.506. The van der Waals surface area contributed by atoms with Crippen molar-refractivity contribution in [3.63, 3.8) is 0 Å². The number of hydrogen-bond donors (Lipinski definition) is 2. The highest BCUT2D eigenvalue weighted by Gasteiger charge is 2.35. The summed E-state index contributed by atoms with van der Waals surface area (Å²) >= 11 is 6.58. The molecule has 6 rings (SSSR count). The van der Waals surface area contributed by atoms with E-state index in [1.165, 1.54) is 37.2 Å². The van der Waals surface area contributed by atoms with Crippen LogP contribution in [-0.4, -0.2) is 106 Å². The summed E-state index contributed by atoms with van der Waals surface area (Å²) in [6.45, 7) is 12.1. The van der Waals surface area contributed by atoms with Crippen LogP contribution in [0.5, 0.6) is 17.2 Å². The molecule has 0 unspecified atom stereocenters. The fourth-order valence-electron chi connectivity index (χ4n) is 6.28. The maximum atomic E-state index is 6.58. The van der Waals surface area contributed by atoms with Crippen LogP contribution in [0, 0.1) is 6.92 Å². The Hall–Kier alpha value is -3.04. The van der Waals surface area contributed by atoms with Crippen molar-refractivity contribution >= 4 is 53.7 Å². The summed E-state index contributed by atoms with van der Waals surface area (Å²) in [5, 5.41) is 8.31. The van der Waals surface area contributed by atoms with E-state index in [1.807, 2.05) is 12.1 Å². The van der Waals surface area contributed by atoms with Gasteiger partial charge in [-0.15, -0.1) is 0 Å². The van der Waals surface area contributed by atoms with Crippen molar-refractivity contribution in [2.24, 2.45) is 0 Å². The molecule has 10 nitrogen and oxygen atoms in total. The molecule has 3 aliphatic heterocycles. The third kappa shape index (κ3) is 6.36. The van der Waals surface area contributed by atoms with Crippen LogP contribution in [0.3, 0.4) is 0 Å². The van der Waals surface area contributed by atoms with Crippen LogP contribution < -0.4 is 35.0 Å². The van der Waals surface area contributed by atoms with Crippen molar-refractivity contribution in [1.82, 2.24) is 19.8 Å². The highest BCUT2D eigenvalue weighted by Crippen LogP contribution is 2.42. The summed E-state index contributed by atoms with van der Waals surface area (Å²) < 4.78 is 17.7. The lowest BCUT2D eigenvalue weighted by Gasteiger charge is -2.49. The zero-order valence-corrected chi connectivity index (χ0v) is 28.1. The molecule has 0 atom stereocenters. The normalized spacial score (nSPS) is 17.6. The summed E-state index contributed by atoms with van der Waals surface area (Å²) in [4.78, 5) is 16.7. The van der Waals surface area contributed by atoms with Gasteiger partial charge in [0, 0.05) is 55.3 Å². The Morgan fingerprint density at radius 3 is 2.50 bits per heavy atom. The van der Waals surface area contributed by atoms with Crippen molar-refractivity contribution in [3.8, 4) is 17.2 Å². The van der Waals surface area contributed by atoms with Gasteiger partial charge in [0.15, 0.2) is 17.3 Å². The molecule has 3 aliphatic rings. The molecule has 236 valence electrons. The van der Waals surface area contributed by atoms with Crippen LogP contribution in [0.25, 0.3) is 0 Å². The molecule has 0 radical (unpaired) electrons. The average Bonchev–Trinajstić information content (AvgIpc) is 2.98. The molecule has 0 aliphatic carbocycles. The van der Waals surface area contributed by atoms with Crippen molar-refractivity contribution in [2.75, 3.05) is 89.5 Å². The number of aryl methyl sites for hydroxylation is 1. The highest BCUT2D eigenvalue weighted by atomic mass is 35.5. The van der Waals surface area contributed by atoms with Crippen molar-refractivity contribution in [1.29, 1.82) is 0 Å². The third-order valence-electron chi connectivity index (χ3n) is 8.83. The first-order valence-electron chi connectivity index (χ1n) is 15.2. The molecule has 2 fully saturated rings. The largest absolute Gasteiger partial charge is 0.494 e. The smallest absolute Gasteiger partial charge is 0.229 e. The van der Waals surface area contributed by atoms with Crippen LogP contribution in [0.1, 0.15) is 18.4 Å². The molecule has 3 aromatic rings. The lowest BCUT2D eigenvalue weighted by atomic mass is 9.96. The number of methoxy groups -OCH3 is 1. The molecular weight excluding hydrogens is 597 g/mol. The third-order valence-corrected chi connectivity index (χ3v) is 10.4. The maximum Gasteiger partial charge on any atom is 0.229 e. The van der Waals surface area contributed by atoms with Gasteiger partial charge in [-0.2, -0.15) is 4.98 Å². The van der Waals surface area contributed by atoms with Crippen LogP contribution in [-0.2, 0) is 0 Å². The molecule has 4 heterocycles. The number of nitrogens with zero attached hydrogens (tertiary/aromatic N) is 5. The Labute approximate surface area is 266 Å². The summed E-state index contributed by atoms with van der Waals surface area (Å²) in [5.74, 6) is 3.24. The van der Waals surface area contributed by atoms with E-state index in [-0.39, 0.29) is 0 Å². The van der Waals surface area contributed by atoms with Gasteiger partial charge in [-0.3, -0.25) is 4.90 Å². The fraction of sp³-hybridized carbons (Fsp3) is 0.500. The predicted molar refractivity (Wildman–Crippen MR) is 181 cm³/mol. The summed E-state index contributed by atoms with van der Waals surface area (Å²) in [7, 11) is 5.55. The van der Waals surface area contributed by atoms with E-state index in [0.29, 0.717) is 42.1 Å². The quantitative estimate of drug-likeness (QED) is 0.301. The van der Waals surface area contributed by atoms with Gasteiger partial charge >= 0.3 is 0 Å². The number of aromatic nitrogens is 2. The number of benzene rings is 2. The van der Waals surface area contributed by atoms with E-state index in [2.05, 4.69) is 76.8 Å².